The molecule has 0 atom stereocenters. The maximum Gasteiger partial charge on any atom is 0.329 e. The minimum absolute atomic E-state index is 0.565. The number of nitrogens with one attached hydrogen (secondary N) is 2. The van der Waals surface area contributed by atoms with E-state index >= 15 is 0 Å². The SMILES string of the molecule is CCOc1cccc(/C=N\NC(=O)C(=O)Nc2ccc(C)c(C)c2)c1. The van der Waals surface area contributed by atoms with Gasteiger partial charge in [-0.15, -0.1) is 0 Å². The monoisotopic (exact) mass is 339 g/mol. The third kappa shape index (κ3) is 5.46. The summed E-state index contributed by atoms with van der Waals surface area (Å²) in [5.74, 6) is -0.899. The van der Waals surface area contributed by atoms with Crippen molar-refractivity contribution in [2.75, 3.05) is 11.9 Å². The van der Waals surface area contributed by atoms with Gasteiger partial charge in [0, 0.05) is 5.69 Å². The van der Waals surface area contributed by atoms with Gasteiger partial charge in [0.15, 0.2) is 0 Å². The van der Waals surface area contributed by atoms with E-state index in [2.05, 4.69) is 15.8 Å². The number of amides is 2. The summed E-state index contributed by atoms with van der Waals surface area (Å²) in [5, 5.41) is 6.34. The van der Waals surface area contributed by atoms with Crippen LogP contribution < -0.4 is 15.5 Å². The first-order valence-electron chi connectivity index (χ1n) is 7.94. The third-order valence-corrected chi connectivity index (χ3v) is 3.52. The van der Waals surface area contributed by atoms with Gasteiger partial charge in [0.2, 0.25) is 0 Å². The maximum atomic E-state index is 11.9. The summed E-state index contributed by atoms with van der Waals surface area (Å²) < 4.78 is 5.38. The normalized spacial score (nSPS) is 10.5. The molecular formula is C19H21N3O3. The Morgan fingerprint density at radius 3 is 2.60 bits per heavy atom. The molecule has 0 unspecified atom stereocenters. The van der Waals surface area contributed by atoms with Crippen LogP contribution in [0.1, 0.15) is 23.6 Å². The zero-order valence-corrected chi connectivity index (χ0v) is 14.5. The van der Waals surface area contributed by atoms with Crippen LogP contribution in [-0.2, 0) is 9.59 Å². The van der Waals surface area contributed by atoms with E-state index in [1.807, 2.05) is 51.1 Å². The number of rotatable bonds is 5. The molecule has 2 aromatic carbocycles. The highest BCUT2D eigenvalue weighted by Gasteiger charge is 2.13. The van der Waals surface area contributed by atoms with Crippen LogP contribution in [0.5, 0.6) is 5.75 Å². The van der Waals surface area contributed by atoms with E-state index in [1.165, 1.54) is 6.21 Å². The molecule has 2 amide bonds. The second-order valence-electron chi connectivity index (χ2n) is 5.46. The molecule has 0 heterocycles. The number of hydrogen-bond acceptors (Lipinski definition) is 4. The van der Waals surface area contributed by atoms with Crippen LogP contribution in [0.2, 0.25) is 0 Å². The summed E-state index contributed by atoms with van der Waals surface area (Å²) in [4.78, 5) is 23.7. The van der Waals surface area contributed by atoms with Crippen LogP contribution in [0.15, 0.2) is 47.6 Å². The molecule has 0 spiro atoms. The maximum absolute atomic E-state index is 11.9. The van der Waals surface area contributed by atoms with Crippen molar-refractivity contribution in [2.45, 2.75) is 20.8 Å². The lowest BCUT2D eigenvalue weighted by Gasteiger charge is -2.06. The van der Waals surface area contributed by atoms with E-state index in [0.717, 1.165) is 16.7 Å². The standard InChI is InChI=1S/C19H21N3O3/c1-4-25-17-7-5-6-15(11-17)12-20-22-19(24)18(23)21-16-9-8-13(2)14(3)10-16/h5-12H,4H2,1-3H3,(H,21,23)(H,22,24)/b20-12-. The molecule has 0 aromatic heterocycles. The highest BCUT2D eigenvalue weighted by atomic mass is 16.5. The Morgan fingerprint density at radius 2 is 1.88 bits per heavy atom. The van der Waals surface area contributed by atoms with Crippen molar-refractivity contribution in [2.24, 2.45) is 5.10 Å². The first-order chi connectivity index (χ1) is 12.0. The molecule has 6 heteroatoms. The molecule has 0 aliphatic rings. The summed E-state index contributed by atoms with van der Waals surface area (Å²) in [6, 6.07) is 12.7. The van der Waals surface area contributed by atoms with E-state index in [-0.39, 0.29) is 0 Å². The average molecular weight is 339 g/mol. The van der Waals surface area contributed by atoms with Crippen molar-refractivity contribution in [3.63, 3.8) is 0 Å². The summed E-state index contributed by atoms with van der Waals surface area (Å²) in [5.41, 5.74) is 5.67. The van der Waals surface area contributed by atoms with Crippen molar-refractivity contribution < 1.29 is 14.3 Å². The second kappa shape index (κ2) is 8.63. The summed E-state index contributed by atoms with van der Waals surface area (Å²) in [6.45, 7) is 6.37. The van der Waals surface area contributed by atoms with E-state index < -0.39 is 11.8 Å². The molecule has 0 bridgehead atoms. The number of carbonyl (C=O) groups excluding carboxylic acids is 2. The zero-order valence-electron chi connectivity index (χ0n) is 14.5. The predicted octanol–water partition coefficient (Wildman–Crippen LogP) is 2.79. The summed E-state index contributed by atoms with van der Waals surface area (Å²) >= 11 is 0. The number of ether oxygens (including phenoxy) is 1. The number of carbonyl (C=O) groups is 2. The van der Waals surface area contributed by atoms with Crippen LogP contribution >= 0.6 is 0 Å². The number of hydrazone groups is 1. The van der Waals surface area contributed by atoms with Gasteiger partial charge in [0.1, 0.15) is 5.75 Å². The third-order valence-electron chi connectivity index (χ3n) is 3.52. The topological polar surface area (TPSA) is 79.8 Å². The zero-order chi connectivity index (χ0) is 18.2. The van der Waals surface area contributed by atoms with Crippen molar-refractivity contribution in [3.8, 4) is 5.75 Å². The van der Waals surface area contributed by atoms with E-state index in [1.54, 1.807) is 12.1 Å². The number of anilines is 1. The lowest BCUT2D eigenvalue weighted by Crippen LogP contribution is -2.32. The van der Waals surface area contributed by atoms with Crippen LogP contribution in [0.4, 0.5) is 5.69 Å². The molecule has 2 rings (SSSR count). The number of hydrogen-bond donors (Lipinski definition) is 2. The van der Waals surface area contributed by atoms with Gasteiger partial charge in [-0.25, -0.2) is 5.43 Å². The molecule has 0 radical (unpaired) electrons. The highest BCUT2D eigenvalue weighted by Crippen LogP contribution is 2.14. The fraction of sp³-hybridized carbons (Fsp3) is 0.211. The quantitative estimate of drug-likeness (QED) is 0.499. The molecule has 0 saturated heterocycles. The summed E-state index contributed by atoms with van der Waals surface area (Å²) in [7, 11) is 0. The van der Waals surface area contributed by atoms with Crippen LogP contribution in [0, 0.1) is 13.8 Å². The largest absolute Gasteiger partial charge is 0.494 e. The molecule has 2 aromatic rings. The van der Waals surface area contributed by atoms with Crippen molar-refractivity contribution in [3.05, 3.63) is 59.2 Å². The number of aryl methyl sites for hydroxylation is 2. The molecule has 0 saturated carbocycles. The lowest BCUT2D eigenvalue weighted by atomic mass is 10.1. The minimum Gasteiger partial charge on any atom is -0.494 e. The second-order valence-corrected chi connectivity index (χ2v) is 5.46. The van der Waals surface area contributed by atoms with Gasteiger partial charge in [-0.05, 0) is 61.7 Å². The van der Waals surface area contributed by atoms with Crippen molar-refractivity contribution in [1.29, 1.82) is 0 Å². The Kier molecular flexibility index (Phi) is 6.28. The van der Waals surface area contributed by atoms with Crippen molar-refractivity contribution >= 4 is 23.7 Å². The first kappa shape index (κ1) is 18.2. The van der Waals surface area contributed by atoms with Gasteiger partial charge in [0.25, 0.3) is 0 Å². The molecule has 25 heavy (non-hydrogen) atoms. The smallest absolute Gasteiger partial charge is 0.329 e. The average Bonchev–Trinajstić information content (AvgIpc) is 2.59. The van der Waals surface area contributed by atoms with Gasteiger partial charge in [-0.1, -0.05) is 18.2 Å². The Labute approximate surface area is 146 Å². The van der Waals surface area contributed by atoms with Crippen LogP contribution in [0.3, 0.4) is 0 Å². The van der Waals surface area contributed by atoms with Crippen LogP contribution in [0.25, 0.3) is 0 Å². The Hall–Kier alpha value is -3.15. The van der Waals surface area contributed by atoms with Gasteiger partial charge in [-0.2, -0.15) is 5.10 Å². The Bertz CT molecular complexity index is 800. The highest BCUT2D eigenvalue weighted by molar-refractivity contribution is 6.39. The van der Waals surface area contributed by atoms with E-state index in [4.69, 9.17) is 4.74 Å². The van der Waals surface area contributed by atoms with Gasteiger partial charge in [0.05, 0.1) is 12.8 Å². The molecule has 6 nitrogen and oxygen atoms in total. The summed E-state index contributed by atoms with van der Waals surface area (Å²) in [6.07, 6.45) is 1.45. The molecule has 130 valence electrons. The molecule has 0 aliphatic carbocycles. The van der Waals surface area contributed by atoms with E-state index in [9.17, 15) is 9.59 Å². The van der Waals surface area contributed by atoms with E-state index in [0.29, 0.717) is 18.0 Å². The molecule has 0 fully saturated rings. The molecule has 0 aliphatic heterocycles. The Balaban J connectivity index is 1.91. The molecular weight excluding hydrogens is 318 g/mol. The molecule has 2 N–H and O–H groups in total. The number of benzene rings is 2. The number of nitrogens with zero attached hydrogens (tertiary/aromatic N) is 1. The van der Waals surface area contributed by atoms with Gasteiger partial charge >= 0.3 is 11.8 Å². The van der Waals surface area contributed by atoms with Gasteiger partial charge < -0.3 is 10.1 Å². The Morgan fingerprint density at radius 1 is 1.08 bits per heavy atom. The first-order valence-corrected chi connectivity index (χ1v) is 7.94. The minimum atomic E-state index is -0.838. The lowest BCUT2D eigenvalue weighted by molar-refractivity contribution is -0.136. The van der Waals surface area contributed by atoms with Crippen molar-refractivity contribution in [1.82, 2.24) is 5.43 Å². The predicted molar refractivity (Wildman–Crippen MR) is 97.9 cm³/mol. The fourth-order valence-corrected chi connectivity index (χ4v) is 2.07. The fourth-order valence-electron chi connectivity index (χ4n) is 2.07. The van der Waals surface area contributed by atoms with Crippen LogP contribution in [-0.4, -0.2) is 24.6 Å². The van der Waals surface area contributed by atoms with Gasteiger partial charge in [-0.3, -0.25) is 9.59 Å².